The molecule has 2 N–H and O–H groups in total. The molecule has 0 fully saturated rings. The zero-order valence-corrected chi connectivity index (χ0v) is 12.5. The molecule has 0 bridgehead atoms. The van der Waals surface area contributed by atoms with Crippen molar-refractivity contribution < 1.29 is 4.74 Å². The van der Waals surface area contributed by atoms with Crippen LogP contribution in [0.1, 0.15) is 63.9 Å². The van der Waals surface area contributed by atoms with Crippen LogP contribution in [0.15, 0.2) is 18.2 Å². The Bertz CT molecular complexity index is 423. The first-order valence-electron chi connectivity index (χ1n) is 7.70. The van der Waals surface area contributed by atoms with Crippen molar-refractivity contribution in [3.63, 3.8) is 0 Å². The lowest BCUT2D eigenvalue weighted by molar-refractivity contribution is 0.303. The summed E-state index contributed by atoms with van der Waals surface area (Å²) in [4.78, 5) is 0. The van der Waals surface area contributed by atoms with Crippen molar-refractivity contribution in [1.29, 1.82) is 5.26 Å². The molecule has 1 aromatic rings. The predicted molar refractivity (Wildman–Crippen MR) is 83.7 cm³/mol. The third-order valence-electron chi connectivity index (χ3n) is 3.38. The molecule has 0 unspecified atom stereocenters. The molecule has 0 spiro atoms. The van der Waals surface area contributed by atoms with Crippen LogP contribution >= 0.6 is 0 Å². The van der Waals surface area contributed by atoms with Gasteiger partial charge in [-0.3, -0.25) is 0 Å². The van der Waals surface area contributed by atoms with Gasteiger partial charge in [0, 0.05) is 5.69 Å². The molecule has 1 aromatic carbocycles. The van der Waals surface area contributed by atoms with E-state index in [4.69, 9.17) is 15.7 Å². The number of hydrogen-bond donors (Lipinski definition) is 1. The van der Waals surface area contributed by atoms with Crippen LogP contribution in [0.3, 0.4) is 0 Å². The van der Waals surface area contributed by atoms with Gasteiger partial charge in [-0.25, -0.2) is 0 Å². The number of ether oxygens (including phenoxy) is 1. The summed E-state index contributed by atoms with van der Waals surface area (Å²) >= 11 is 0. The van der Waals surface area contributed by atoms with Crippen molar-refractivity contribution in [2.75, 3.05) is 12.3 Å². The molecule has 0 heterocycles. The summed E-state index contributed by atoms with van der Waals surface area (Å²) in [5, 5.41) is 9.00. The lowest BCUT2D eigenvalue weighted by Gasteiger charge is -2.08. The van der Waals surface area contributed by atoms with E-state index < -0.39 is 0 Å². The Morgan fingerprint density at radius 1 is 1.05 bits per heavy atom. The van der Waals surface area contributed by atoms with E-state index in [0.717, 1.165) is 6.42 Å². The highest BCUT2D eigenvalue weighted by Crippen LogP contribution is 2.20. The number of nitrogens with two attached hydrogens (primary N) is 1. The van der Waals surface area contributed by atoms with Gasteiger partial charge in [0.2, 0.25) is 0 Å². The first kappa shape index (κ1) is 16.4. The molecular weight excluding hydrogens is 248 g/mol. The van der Waals surface area contributed by atoms with E-state index in [9.17, 15) is 0 Å². The quantitative estimate of drug-likeness (QED) is 0.498. The molecule has 0 radical (unpaired) electrons. The van der Waals surface area contributed by atoms with E-state index in [1.807, 2.05) is 0 Å². The monoisotopic (exact) mass is 274 g/mol. The van der Waals surface area contributed by atoms with E-state index in [1.165, 1.54) is 44.9 Å². The van der Waals surface area contributed by atoms with Gasteiger partial charge < -0.3 is 10.5 Å². The predicted octanol–water partition coefficient (Wildman–Crippen LogP) is 4.66. The van der Waals surface area contributed by atoms with Crippen molar-refractivity contribution >= 4 is 5.69 Å². The van der Waals surface area contributed by atoms with E-state index >= 15 is 0 Å². The largest absolute Gasteiger partial charge is 0.492 e. The highest BCUT2D eigenvalue weighted by Gasteiger charge is 2.03. The molecule has 3 heteroatoms. The molecule has 110 valence electrons. The van der Waals surface area contributed by atoms with Gasteiger partial charge in [-0.2, -0.15) is 5.26 Å². The Morgan fingerprint density at radius 3 is 2.35 bits per heavy atom. The van der Waals surface area contributed by atoms with Crippen LogP contribution in [0.4, 0.5) is 5.69 Å². The molecule has 0 saturated carbocycles. The molecule has 0 aliphatic rings. The van der Waals surface area contributed by atoms with Gasteiger partial charge in [-0.15, -0.1) is 0 Å². The van der Waals surface area contributed by atoms with Gasteiger partial charge in [-0.05, 0) is 24.6 Å². The standard InChI is InChI=1S/C17H26N2O/c1-2-3-4-5-6-7-8-9-12-20-17-11-10-16(19)13-15(17)14-18/h10-11,13H,2-9,12,19H2,1H3. The fraction of sp³-hybridized carbons (Fsp3) is 0.588. The minimum absolute atomic E-state index is 0.518. The normalized spacial score (nSPS) is 10.2. The molecule has 0 aromatic heterocycles. The maximum Gasteiger partial charge on any atom is 0.137 e. The number of unbranched alkanes of at least 4 members (excludes halogenated alkanes) is 7. The maximum atomic E-state index is 9.00. The maximum absolute atomic E-state index is 9.00. The fourth-order valence-electron chi connectivity index (χ4n) is 2.18. The third-order valence-corrected chi connectivity index (χ3v) is 3.38. The topological polar surface area (TPSA) is 59.0 Å². The lowest BCUT2D eigenvalue weighted by atomic mass is 10.1. The number of hydrogen-bond acceptors (Lipinski definition) is 3. The molecule has 0 aliphatic heterocycles. The Balaban J connectivity index is 2.11. The highest BCUT2D eigenvalue weighted by molar-refractivity contribution is 5.53. The number of nitrogen functional groups attached to an aromatic ring is 1. The molecule has 3 nitrogen and oxygen atoms in total. The second-order valence-corrected chi connectivity index (χ2v) is 5.19. The SMILES string of the molecule is CCCCCCCCCCOc1ccc(N)cc1C#N. The lowest BCUT2D eigenvalue weighted by Crippen LogP contribution is -2.00. The van der Waals surface area contributed by atoms with Crippen LogP contribution in [0.25, 0.3) is 0 Å². The number of anilines is 1. The molecule has 0 saturated heterocycles. The zero-order chi connectivity index (χ0) is 14.6. The minimum Gasteiger partial charge on any atom is -0.492 e. The van der Waals surface area contributed by atoms with Crippen molar-refractivity contribution in [3.8, 4) is 11.8 Å². The molecule has 20 heavy (non-hydrogen) atoms. The molecular formula is C17H26N2O. The second kappa shape index (κ2) is 10.1. The average molecular weight is 274 g/mol. The van der Waals surface area contributed by atoms with Crippen molar-refractivity contribution in [2.24, 2.45) is 0 Å². The number of rotatable bonds is 10. The van der Waals surface area contributed by atoms with Gasteiger partial charge >= 0.3 is 0 Å². The summed E-state index contributed by atoms with van der Waals surface area (Å²) < 4.78 is 5.65. The van der Waals surface area contributed by atoms with Crippen molar-refractivity contribution in [3.05, 3.63) is 23.8 Å². The van der Waals surface area contributed by atoms with E-state index in [1.54, 1.807) is 18.2 Å². The van der Waals surface area contributed by atoms with Crippen LogP contribution in [-0.2, 0) is 0 Å². The Kier molecular flexibility index (Phi) is 8.30. The van der Waals surface area contributed by atoms with E-state index in [0.29, 0.717) is 23.6 Å². The number of nitriles is 1. The van der Waals surface area contributed by atoms with Crippen LogP contribution in [0.2, 0.25) is 0 Å². The molecule has 0 amide bonds. The van der Waals surface area contributed by atoms with E-state index in [2.05, 4.69) is 13.0 Å². The summed E-state index contributed by atoms with van der Waals surface area (Å²) in [6.45, 7) is 2.91. The third kappa shape index (κ3) is 6.47. The summed E-state index contributed by atoms with van der Waals surface area (Å²) in [5.41, 5.74) is 6.76. The first-order chi connectivity index (χ1) is 9.77. The average Bonchev–Trinajstić information content (AvgIpc) is 2.46. The molecule has 0 atom stereocenters. The number of benzene rings is 1. The van der Waals surface area contributed by atoms with Crippen LogP contribution in [0, 0.1) is 11.3 Å². The summed E-state index contributed by atoms with van der Waals surface area (Å²) in [6.07, 6.45) is 10.2. The minimum atomic E-state index is 0.518. The summed E-state index contributed by atoms with van der Waals surface area (Å²) in [6, 6.07) is 7.31. The Morgan fingerprint density at radius 2 is 1.70 bits per heavy atom. The summed E-state index contributed by atoms with van der Waals surface area (Å²) in [7, 11) is 0. The Hall–Kier alpha value is -1.69. The van der Waals surface area contributed by atoms with Gasteiger partial charge in [-0.1, -0.05) is 51.9 Å². The van der Waals surface area contributed by atoms with Crippen LogP contribution in [0.5, 0.6) is 5.75 Å². The van der Waals surface area contributed by atoms with Gasteiger partial charge in [0.15, 0.2) is 0 Å². The van der Waals surface area contributed by atoms with Gasteiger partial charge in [0.05, 0.1) is 12.2 Å². The Labute approximate surface area is 122 Å². The van der Waals surface area contributed by atoms with Gasteiger partial charge in [0.25, 0.3) is 0 Å². The number of nitrogens with zero attached hydrogens (tertiary/aromatic N) is 1. The van der Waals surface area contributed by atoms with Crippen LogP contribution in [-0.4, -0.2) is 6.61 Å². The fourth-order valence-corrected chi connectivity index (χ4v) is 2.18. The van der Waals surface area contributed by atoms with Gasteiger partial charge in [0.1, 0.15) is 11.8 Å². The second-order valence-electron chi connectivity index (χ2n) is 5.19. The van der Waals surface area contributed by atoms with Crippen LogP contribution < -0.4 is 10.5 Å². The zero-order valence-electron chi connectivity index (χ0n) is 12.5. The first-order valence-corrected chi connectivity index (χ1v) is 7.70. The molecule has 1 rings (SSSR count). The molecule has 0 aliphatic carbocycles. The van der Waals surface area contributed by atoms with Crippen molar-refractivity contribution in [2.45, 2.75) is 58.3 Å². The summed E-state index contributed by atoms with van der Waals surface area (Å²) in [5.74, 6) is 0.643. The van der Waals surface area contributed by atoms with Crippen molar-refractivity contribution in [1.82, 2.24) is 0 Å². The smallest absolute Gasteiger partial charge is 0.137 e. The highest BCUT2D eigenvalue weighted by atomic mass is 16.5. The van der Waals surface area contributed by atoms with E-state index in [-0.39, 0.29) is 0 Å².